The van der Waals surface area contributed by atoms with Crippen molar-refractivity contribution in [3.05, 3.63) is 102 Å². The largest absolute Gasteiger partial charge is 0.511 e. The summed E-state index contributed by atoms with van der Waals surface area (Å²) in [7, 11) is 0. The van der Waals surface area contributed by atoms with Crippen LogP contribution in [0.1, 0.15) is 11.1 Å². The first kappa shape index (κ1) is 23.6. The molecule has 8 nitrogen and oxygen atoms in total. The number of rotatable bonds is 5. The van der Waals surface area contributed by atoms with Gasteiger partial charge in [-0.3, -0.25) is 15.1 Å². The number of anilines is 3. The lowest BCUT2D eigenvalue weighted by atomic mass is 10.0. The number of hydrogen-bond donors (Lipinski definition) is 3. The maximum Gasteiger partial charge on any atom is 0.511 e. The summed E-state index contributed by atoms with van der Waals surface area (Å²) in [6.07, 6.45) is -1.45. The fourth-order valence-electron chi connectivity index (χ4n) is 4.15. The van der Waals surface area contributed by atoms with Crippen LogP contribution in [0.25, 0.3) is 11.1 Å². The maximum atomic E-state index is 14.8. The third-order valence-corrected chi connectivity index (χ3v) is 5.82. The first-order valence-corrected chi connectivity index (χ1v) is 11.2. The lowest BCUT2D eigenvalue weighted by Crippen LogP contribution is -2.26. The number of aromatic hydroxyl groups is 1. The molecule has 1 aliphatic heterocycles. The van der Waals surface area contributed by atoms with E-state index in [2.05, 4.69) is 10.5 Å². The Bertz CT molecular complexity index is 1580. The van der Waals surface area contributed by atoms with Gasteiger partial charge < -0.3 is 14.9 Å². The Hall–Kier alpha value is -5.18. The van der Waals surface area contributed by atoms with Gasteiger partial charge in [0.05, 0.1) is 17.1 Å². The number of para-hydroxylation sites is 2. The Morgan fingerprint density at radius 2 is 1.70 bits per heavy atom. The summed E-state index contributed by atoms with van der Waals surface area (Å²) >= 11 is 0. The zero-order valence-electron chi connectivity index (χ0n) is 19.5. The molecule has 1 amide bonds. The Balaban J connectivity index is 1.49. The molecular weight excluding hydrogens is 477 g/mol. The minimum Gasteiger partial charge on any atom is -0.505 e. The van der Waals surface area contributed by atoms with Gasteiger partial charge in [-0.15, -0.1) is 0 Å². The summed E-state index contributed by atoms with van der Waals surface area (Å²) in [6, 6.07) is 22.7. The van der Waals surface area contributed by atoms with Crippen LogP contribution in [0.15, 0.2) is 90.0 Å². The first-order chi connectivity index (χ1) is 17.8. The molecule has 4 aromatic carbocycles. The molecule has 1 aliphatic rings. The van der Waals surface area contributed by atoms with Gasteiger partial charge in [0, 0.05) is 11.1 Å². The average Bonchev–Trinajstić information content (AvgIpc) is 3.14. The van der Waals surface area contributed by atoms with Crippen molar-refractivity contribution in [2.24, 2.45) is 5.10 Å². The minimum atomic E-state index is -1.45. The van der Waals surface area contributed by atoms with Crippen molar-refractivity contribution in [3.8, 4) is 22.6 Å². The van der Waals surface area contributed by atoms with Crippen LogP contribution in [0.2, 0.25) is 0 Å². The molecule has 0 fully saturated rings. The van der Waals surface area contributed by atoms with E-state index in [1.54, 1.807) is 73.7 Å². The summed E-state index contributed by atoms with van der Waals surface area (Å²) in [4.78, 5) is 25.5. The Labute approximate surface area is 210 Å². The molecule has 5 rings (SSSR count). The van der Waals surface area contributed by atoms with E-state index in [4.69, 9.17) is 9.84 Å². The van der Waals surface area contributed by atoms with Gasteiger partial charge in [0.1, 0.15) is 17.3 Å². The molecule has 9 heteroatoms. The summed E-state index contributed by atoms with van der Waals surface area (Å²) in [6.45, 7) is 1.76. The van der Waals surface area contributed by atoms with E-state index in [1.165, 1.54) is 23.1 Å². The van der Waals surface area contributed by atoms with Gasteiger partial charge in [-0.05, 0) is 54.4 Å². The fraction of sp³-hybridized carbons (Fsp3) is 0.0357. The molecule has 0 bridgehead atoms. The van der Waals surface area contributed by atoms with Crippen molar-refractivity contribution in [1.29, 1.82) is 0 Å². The average molecular weight is 497 g/mol. The Kier molecular flexibility index (Phi) is 6.02. The summed E-state index contributed by atoms with van der Waals surface area (Å²) in [5.41, 5.74) is 5.75. The molecular formula is C28H20FN3O5. The molecule has 0 radical (unpaired) electrons. The lowest BCUT2D eigenvalue weighted by molar-refractivity contribution is -0.111. The Morgan fingerprint density at radius 1 is 0.946 bits per heavy atom. The van der Waals surface area contributed by atoms with Gasteiger partial charge in [-0.25, -0.2) is 9.18 Å². The number of nitrogens with one attached hydrogen (secondary N) is 1. The highest BCUT2D eigenvalue weighted by Crippen LogP contribution is 2.39. The second-order valence-electron chi connectivity index (χ2n) is 8.28. The maximum absolute atomic E-state index is 14.8. The number of hydrogen-bond acceptors (Lipinski definition) is 6. The summed E-state index contributed by atoms with van der Waals surface area (Å²) < 4.78 is 19.5. The standard InChI is InChI=1S/C28H20FN3O5/c1-16-12-13-24(21(29)14-16)32-23-11-3-2-8-20(23)25(27(32)34)31-30-22-10-5-9-19(26(22)33)17-6-4-7-18(15-17)37-28(35)36/h2-15,30,33H,1H3,(H,35,36). The molecule has 1 heterocycles. The monoisotopic (exact) mass is 497 g/mol. The molecule has 0 saturated carbocycles. The van der Waals surface area contributed by atoms with Crippen molar-refractivity contribution in [3.63, 3.8) is 0 Å². The lowest BCUT2D eigenvalue weighted by Gasteiger charge is -2.18. The second-order valence-corrected chi connectivity index (χ2v) is 8.28. The molecule has 0 aliphatic carbocycles. The van der Waals surface area contributed by atoms with Crippen LogP contribution < -0.4 is 15.1 Å². The van der Waals surface area contributed by atoms with Crippen LogP contribution in [0.4, 0.5) is 26.2 Å². The number of carbonyl (C=O) groups excluding carboxylic acids is 1. The van der Waals surface area contributed by atoms with Crippen molar-refractivity contribution in [1.82, 2.24) is 0 Å². The highest BCUT2D eigenvalue weighted by atomic mass is 19.1. The number of benzene rings is 4. The molecule has 37 heavy (non-hydrogen) atoms. The third-order valence-electron chi connectivity index (χ3n) is 5.82. The SMILES string of the molecule is Cc1ccc(N2C(=O)C(=NNc3cccc(-c4cccc(OC(=O)O)c4)c3O)c3ccccc32)c(F)c1. The number of hydrazone groups is 1. The van der Waals surface area contributed by atoms with E-state index >= 15 is 0 Å². The van der Waals surface area contributed by atoms with Crippen LogP contribution in [-0.2, 0) is 4.79 Å². The summed E-state index contributed by atoms with van der Waals surface area (Å²) in [5, 5.41) is 24.1. The van der Waals surface area contributed by atoms with E-state index in [9.17, 15) is 19.1 Å². The number of carbonyl (C=O) groups is 2. The smallest absolute Gasteiger partial charge is 0.505 e. The number of ether oxygens (including phenoxy) is 1. The highest BCUT2D eigenvalue weighted by Gasteiger charge is 2.36. The van der Waals surface area contributed by atoms with Crippen molar-refractivity contribution >= 4 is 34.8 Å². The third kappa shape index (κ3) is 4.45. The van der Waals surface area contributed by atoms with Crippen LogP contribution in [0, 0.1) is 12.7 Å². The number of nitrogens with zero attached hydrogens (tertiary/aromatic N) is 2. The fourth-order valence-corrected chi connectivity index (χ4v) is 4.15. The van der Waals surface area contributed by atoms with Gasteiger partial charge in [-0.1, -0.05) is 48.5 Å². The van der Waals surface area contributed by atoms with E-state index in [0.717, 1.165) is 5.56 Å². The summed E-state index contributed by atoms with van der Waals surface area (Å²) in [5.74, 6) is -1.12. The number of phenols is 1. The van der Waals surface area contributed by atoms with E-state index < -0.39 is 17.9 Å². The Morgan fingerprint density at radius 3 is 2.49 bits per heavy atom. The number of fused-ring (bicyclic) bond motifs is 1. The van der Waals surface area contributed by atoms with Gasteiger partial charge >= 0.3 is 6.16 Å². The van der Waals surface area contributed by atoms with Crippen molar-refractivity contribution in [2.75, 3.05) is 10.3 Å². The predicted octanol–water partition coefficient (Wildman–Crippen LogP) is 6.06. The van der Waals surface area contributed by atoms with Gasteiger partial charge in [-0.2, -0.15) is 5.10 Å². The first-order valence-electron chi connectivity index (χ1n) is 11.2. The molecule has 184 valence electrons. The number of phenolic OH excluding ortho intramolecular Hbond substituents is 1. The van der Waals surface area contributed by atoms with E-state index in [-0.39, 0.29) is 28.6 Å². The number of amides is 1. The van der Waals surface area contributed by atoms with Gasteiger partial charge in [0.15, 0.2) is 5.71 Å². The molecule has 0 atom stereocenters. The molecule has 3 N–H and O–H groups in total. The molecule has 0 unspecified atom stereocenters. The molecule has 0 spiro atoms. The molecule has 0 aromatic heterocycles. The predicted molar refractivity (Wildman–Crippen MR) is 137 cm³/mol. The van der Waals surface area contributed by atoms with Crippen molar-refractivity contribution < 1.29 is 28.9 Å². The minimum absolute atomic E-state index is 0.0530. The van der Waals surface area contributed by atoms with Crippen LogP contribution in [0.3, 0.4) is 0 Å². The van der Waals surface area contributed by atoms with Gasteiger partial charge in [0.2, 0.25) is 0 Å². The van der Waals surface area contributed by atoms with Crippen LogP contribution in [-0.4, -0.2) is 28.0 Å². The van der Waals surface area contributed by atoms with Gasteiger partial charge in [0.25, 0.3) is 5.91 Å². The number of halogens is 1. The van der Waals surface area contributed by atoms with E-state index in [1.807, 2.05) is 0 Å². The quantitative estimate of drug-likeness (QED) is 0.134. The second kappa shape index (κ2) is 9.46. The molecule has 0 saturated heterocycles. The normalized spacial score (nSPS) is 13.5. The zero-order chi connectivity index (χ0) is 26.1. The van der Waals surface area contributed by atoms with Crippen molar-refractivity contribution in [2.45, 2.75) is 6.92 Å². The van der Waals surface area contributed by atoms with Crippen LogP contribution >= 0.6 is 0 Å². The van der Waals surface area contributed by atoms with Crippen LogP contribution in [0.5, 0.6) is 11.5 Å². The topological polar surface area (TPSA) is 111 Å². The zero-order valence-corrected chi connectivity index (χ0v) is 19.5. The number of carboxylic acid groups (broad SMARTS) is 1. The highest BCUT2D eigenvalue weighted by molar-refractivity contribution is 6.55. The molecule has 4 aromatic rings. The van der Waals surface area contributed by atoms with E-state index in [0.29, 0.717) is 22.4 Å². The number of aryl methyl sites for hydroxylation is 1.